The quantitative estimate of drug-likeness (QED) is 0.393. The lowest BCUT2D eigenvalue weighted by Crippen LogP contribution is -1.83. The number of carbonyl (C=O) groups is 2. The topological polar surface area (TPSA) is 34.1 Å². The smallest absolute Gasteiger partial charge is 0.178 e. The maximum atomic E-state index is 11.9. The number of hydrogen-bond acceptors (Lipinski definition) is 2. The van der Waals surface area contributed by atoms with Crippen molar-refractivity contribution in [2.75, 3.05) is 0 Å². The number of rotatable bonds is 0. The molecule has 1 aliphatic rings. The molecule has 2 heteroatoms. The van der Waals surface area contributed by atoms with Crippen LogP contribution in [0.15, 0.2) is 120 Å². The van der Waals surface area contributed by atoms with Gasteiger partial charge in [-0.15, -0.1) is 0 Å². The maximum Gasteiger partial charge on any atom is 0.178 e. The van der Waals surface area contributed by atoms with Crippen molar-refractivity contribution in [2.45, 2.75) is 27.7 Å². The molecular weight excluding hydrogens is 440 g/mol. The van der Waals surface area contributed by atoms with Crippen LogP contribution in [-0.2, 0) is 9.59 Å². The second-order valence-electron chi connectivity index (χ2n) is 7.41. The highest BCUT2D eigenvalue weighted by Crippen LogP contribution is 1.95. The summed E-state index contributed by atoms with van der Waals surface area (Å²) in [5.41, 5.74) is 3.26. The van der Waals surface area contributed by atoms with Gasteiger partial charge in [0.05, 0.1) is 0 Å². The van der Waals surface area contributed by atoms with Crippen LogP contribution in [0.5, 0.6) is 0 Å². The zero-order valence-electron chi connectivity index (χ0n) is 21.1. The molecular formula is C34H28O2. The SMILES string of the molecule is C/C1=C/C=C/C=C/C(=O)/C=C/C=C(/C)C#CC#C/C(C)=C\C=C\C(=O)/C=C/C=C/C=C(/C)C#CC#C1. The molecule has 36 heavy (non-hydrogen) atoms. The highest BCUT2D eigenvalue weighted by atomic mass is 16.1. The molecule has 1 aliphatic carbocycles. The Balaban J connectivity index is 3.11. The molecule has 0 aliphatic heterocycles. The summed E-state index contributed by atoms with van der Waals surface area (Å²) in [5, 5.41) is 0. The first kappa shape index (κ1) is 29.0. The molecule has 0 unspecified atom stereocenters. The first-order valence-electron chi connectivity index (χ1n) is 11.2. The summed E-state index contributed by atoms with van der Waals surface area (Å²) in [7, 11) is 0. The minimum Gasteiger partial charge on any atom is -0.290 e. The predicted molar refractivity (Wildman–Crippen MR) is 151 cm³/mol. The van der Waals surface area contributed by atoms with Gasteiger partial charge >= 0.3 is 0 Å². The summed E-state index contributed by atoms with van der Waals surface area (Å²) >= 11 is 0. The minimum absolute atomic E-state index is 0.132. The fourth-order valence-corrected chi connectivity index (χ4v) is 2.20. The van der Waals surface area contributed by atoms with Crippen molar-refractivity contribution in [2.24, 2.45) is 0 Å². The van der Waals surface area contributed by atoms with Gasteiger partial charge in [0, 0.05) is 0 Å². The van der Waals surface area contributed by atoms with Crippen LogP contribution in [0.2, 0.25) is 0 Å². The lowest BCUT2D eigenvalue weighted by Gasteiger charge is -1.84. The summed E-state index contributed by atoms with van der Waals surface area (Å²) in [6.07, 6.45) is 26.9. The Kier molecular flexibility index (Phi) is 14.8. The van der Waals surface area contributed by atoms with Crippen LogP contribution >= 0.6 is 0 Å². The third-order valence-corrected chi connectivity index (χ3v) is 4.03. The molecule has 0 atom stereocenters. The lowest BCUT2D eigenvalue weighted by atomic mass is 10.2. The molecule has 0 bridgehead atoms. The Labute approximate surface area is 215 Å². The third kappa shape index (κ3) is 16.6. The molecule has 0 aromatic carbocycles. The van der Waals surface area contributed by atoms with Crippen LogP contribution in [-0.4, -0.2) is 11.6 Å². The third-order valence-electron chi connectivity index (χ3n) is 4.03. The van der Waals surface area contributed by atoms with Crippen LogP contribution in [0, 0.1) is 47.4 Å². The van der Waals surface area contributed by atoms with Gasteiger partial charge in [0.2, 0.25) is 0 Å². The number of hydrogen-bond donors (Lipinski definition) is 0. The van der Waals surface area contributed by atoms with Gasteiger partial charge in [-0.2, -0.15) is 0 Å². The monoisotopic (exact) mass is 468 g/mol. The van der Waals surface area contributed by atoms with Crippen molar-refractivity contribution >= 4 is 11.6 Å². The molecule has 0 saturated heterocycles. The van der Waals surface area contributed by atoms with Gasteiger partial charge in [0.25, 0.3) is 0 Å². The average molecular weight is 469 g/mol. The van der Waals surface area contributed by atoms with E-state index in [9.17, 15) is 9.59 Å². The van der Waals surface area contributed by atoms with Crippen molar-refractivity contribution in [3.63, 3.8) is 0 Å². The first-order valence-corrected chi connectivity index (χ1v) is 11.2. The van der Waals surface area contributed by atoms with E-state index in [4.69, 9.17) is 0 Å². The second kappa shape index (κ2) is 18.4. The van der Waals surface area contributed by atoms with E-state index in [0.717, 1.165) is 22.3 Å². The fourth-order valence-electron chi connectivity index (χ4n) is 2.20. The number of allylic oxidation sites excluding steroid dienone is 20. The molecule has 0 aromatic heterocycles. The number of ketones is 2. The molecule has 0 heterocycles. The van der Waals surface area contributed by atoms with Gasteiger partial charge in [-0.3, -0.25) is 9.59 Å². The summed E-state index contributed by atoms with van der Waals surface area (Å²) in [6.45, 7) is 7.44. The Morgan fingerprint density at radius 2 is 0.667 bits per heavy atom. The van der Waals surface area contributed by atoms with Gasteiger partial charge in [0.15, 0.2) is 11.6 Å². The summed E-state index contributed by atoms with van der Waals surface area (Å²) in [6, 6.07) is 0. The van der Waals surface area contributed by atoms with Gasteiger partial charge in [-0.1, -0.05) is 96.6 Å². The summed E-state index contributed by atoms with van der Waals surface area (Å²) in [4.78, 5) is 23.8. The molecule has 2 nitrogen and oxygen atoms in total. The van der Waals surface area contributed by atoms with E-state index in [2.05, 4.69) is 47.4 Å². The predicted octanol–water partition coefficient (Wildman–Crippen LogP) is 6.27. The Morgan fingerprint density at radius 1 is 0.389 bits per heavy atom. The van der Waals surface area contributed by atoms with Crippen LogP contribution in [0.25, 0.3) is 0 Å². The molecule has 0 radical (unpaired) electrons. The second-order valence-corrected chi connectivity index (χ2v) is 7.41. The van der Waals surface area contributed by atoms with E-state index in [-0.39, 0.29) is 11.6 Å². The van der Waals surface area contributed by atoms with E-state index in [1.807, 2.05) is 52.0 Å². The van der Waals surface area contributed by atoms with Crippen molar-refractivity contribution in [3.05, 3.63) is 120 Å². The van der Waals surface area contributed by atoms with Crippen LogP contribution in [0.1, 0.15) is 27.7 Å². The Bertz CT molecular complexity index is 1280. The summed E-state index contributed by atoms with van der Waals surface area (Å²) in [5.74, 6) is 22.6. The van der Waals surface area contributed by atoms with Crippen molar-refractivity contribution in [3.8, 4) is 47.4 Å². The molecule has 0 fully saturated rings. The molecule has 0 spiro atoms. The maximum absolute atomic E-state index is 11.9. The average Bonchev–Trinajstić information content (AvgIpc) is 2.83. The summed E-state index contributed by atoms with van der Waals surface area (Å²) < 4.78 is 0. The molecule has 0 N–H and O–H groups in total. The van der Waals surface area contributed by atoms with Crippen molar-refractivity contribution < 1.29 is 9.59 Å². The first-order chi connectivity index (χ1) is 17.4. The van der Waals surface area contributed by atoms with E-state index in [1.165, 1.54) is 24.3 Å². The minimum atomic E-state index is -0.132. The molecule has 176 valence electrons. The molecule has 0 amide bonds. The van der Waals surface area contributed by atoms with Gasteiger partial charge in [-0.05, 0) is 98.0 Å². The highest BCUT2D eigenvalue weighted by molar-refractivity contribution is 6.00. The van der Waals surface area contributed by atoms with Crippen LogP contribution in [0.3, 0.4) is 0 Å². The van der Waals surface area contributed by atoms with E-state index in [0.29, 0.717) is 0 Å². The number of carbonyl (C=O) groups excluding carboxylic acids is 2. The van der Waals surface area contributed by atoms with Gasteiger partial charge in [0.1, 0.15) is 0 Å². The van der Waals surface area contributed by atoms with Gasteiger partial charge < -0.3 is 0 Å². The zero-order chi connectivity index (χ0) is 26.4. The largest absolute Gasteiger partial charge is 0.290 e. The zero-order valence-corrected chi connectivity index (χ0v) is 21.1. The van der Waals surface area contributed by atoms with Crippen molar-refractivity contribution in [1.82, 2.24) is 0 Å². The molecule has 1 rings (SSSR count). The van der Waals surface area contributed by atoms with Crippen LogP contribution < -0.4 is 0 Å². The fraction of sp³-hybridized carbons (Fsp3) is 0.118. The van der Waals surface area contributed by atoms with Gasteiger partial charge in [-0.25, -0.2) is 0 Å². The standard InChI is InChI=1S/C34H28O2/c1-29-17-7-5-9-25-33(35)27-15-23-31(3)21-13-14-22-32(4)24-16-28-34(36)26-10-6-8-18-30(2)20-12-11-19-29/h5-10,15-18,23-28H,1-4H3/b7-5+,8-6+,25-9+,26-10+,27-15+,28-16+,29-17-,30-18-,31-23-,32-24-. The van der Waals surface area contributed by atoms with E-state index in [1.54, 1.807) is 48.6 Å². The molecule has 0 saturated carbocycles. The molecule has 0 aromatic rings. The van der Waals surface area contributed by atoms with E-state index < -0.39 is 0 Å². The highest BCUT2D eigenvalue weighted by Gasteiger charge is 1.87. The Hall–Kier alpha value is -5.02. The van der Waals surface area contributed by atoms with Crippen LogP contribution in [0.4, 0.5) is 0 Å². The van der Waals surface area contributed by atoms with E-state index >= 15 is 0 Å². The van der Waals surface area contributed by atoms with Crippen molar-refractivity contribution in [1.29, 1.82) is 0 Å². The Morgan fingerprint density at radius 3 is 1.00 bits per heavy atom. The normalized spacial score (nSPS) is 26.4. The lowest BCUT2D eigenvalue weighted by molar-refractivity contribution is -0.111.